The van der Waals surface area contributed by atoms with Crippen LogP contribution in [0.25, 0.3) is 0 Å². The van der Waals surface area contributed by atoms with E-state index in [4.69, 9.17) is 9.47 Å². The Kier molecular flexibility index (Phi) is 7.63. The van der Waals surface area contributed by atoms with Crippen LogP contribution in [0.4, 0.5) is 13.2 Å². The Bertz CT molecular complexity index is 1070. The molecular weight excluding hydrogens is 439 g/mol. The average molecular weight is 459 g/mol. The van der Waals surface area contributed by atoms with E-state index in [-0.39, 0.29) is 22.0 Å². The number of rotatable bonds is 8. The lowest BCUT2D eigenvalue weighted by Gasteiger charge is -2.18. The quantitative estimate of drug-likeness (QED) is 0.483. The first-order valence-corrected chi connectivity index (χ1v) is 10.1. The zero-order valence-corrected chi connectivity index (χ0v) is 17.6. The molecule has 0 spiro atoms. The molecule has 2 aromatic rings. The van der Waals surface area contributed by atoms with E-state index in [9.17, 15) is 26.4 Å². The molecule has 0 aliphatic heterocycles. The Morgan fingerprint density at radius 1 is 1.16 bits per heavy atom. The van der Waals surface area contributed by atoms with Gasteiger partial charge >= 0.3 is 6.18 Å². The number of methoxy groups -OCH3 is 2. The number of ether oxygens (including phenoxy) is 2. The SMILES string of the molecule is COc1ccc(OC)c(S(=O)(=O)N(C)CC(=O)N/N=C/c2ccccc2C(F)(F)F)c1. The number of alkyl halides is 3. The summed E-state index contributed by atoms with van der Waals surface area (Å²) in [5.74, 6) is -0.534. The number of nitrogens with zero attached hydrogens (tertiary/aromatic N) is 2. The van der Waals surface area contributed by atoms with Crippen molar-refractivity contribution in [2.45, 2.75) is 11.1 Å². The third-order valence-corrected chi connectivity index (χ3v) is 5.91. The third-order valence-electron chi connectivity index (χ3n) is 4.08. The van der Waals surface area contributed by atoms with Gasteiger partial charge in [0.1, 0.15) is 16.4 Å². The minimum absolute atomic E-state index is 0.0508. The molecule has 2 rings (SSSR count). The number of hydrogen-bond donors (Lipinski definition) is 1. The van der Waals surface area contributed by atoms with Gasteiger partial charge in [-0.25, -0.2) is 13.8 Å². The number of hydrogen-bond acceptors (Lipinski definition) is 6. The molecule has 0 saturated carbocycles. The summed E-state index contributed by atoms with van der Waals surface area (Å²) in [5, 5.41) is 3.49. The average Bonchev–Trinajstić information content (AvgIpc) is 2.72. The number of halogens is 3. The molecule has 1 amide bonds. The number of carbonyl (C=O) groups is 1. The molecule has 0 unspecified atom stereocenters. The second kappa shape index (κ2) is 9.79. The van der Waals surface area contributed by atoms with E-state index in [0.29, 0.717) is 0 Å². The predicted molar refractivity (Wildman–Crippen MR) is 107 cm³/mol. The standard InChI is InChI=1S/C19H20F3N3O5S/c1-25(31(27,28)17-10-14(29-2)8-9-16(17)30-3)12-18(26)24-23-11-13-6-4-5-7-15(13)19(20,21)22/h4-11H,12H2,1-3H3,(H,24,26)/b23-11+. The number of likely N-dealkylation sites (N-methyl/N-ethyl adjacent to an activating group) is 1. The Hall–Kier alpha value is -3.12. The summed E-state index contributed by atoms with van der Waals surface area (Å²) in [5.41, 5.74) is 0.845. The van der Waals surface area contributed by atoms with Crippen molar-refractivity contribution in [2.24, 2.45) is 5.10 Å². The second-order valence-corrected chi connectivity index (χ2v) is 8.17. The third kappa shape index (κ3) is 5.95. The highest BCUT2D eigenvalue weighted by Gasteiger charge is 2.32. The fraction of sp³-hybridized carbons (Fsp3) is 0.263. The molecule has 1 N–H and O–H groups in total. The van der Waals surface area contributed by atoms with Crippen molar-refractivity contribution >= 4 is 22.1 Å². The van der Waals surface area contributed by atoms with Crippen molar-refractivity contribution in [1.82, 2.24) is 9.73 Å². The second-order valence-electron chi connectivity index (χ2n) is 6.16. The number of amides is 1. The molecule has 0 aromatic heterocycles. The van der Waals surface area contributed by atoms with Crippen molar-refractivity contribution in [3.8, 4) is 11.5 Å². The van der Waals surface area contributed by atoms with Crippen LogP contribution in [0, 0.1) is 0 Å². The molecule has 31 heavy (non-hydrogen) atoms. The Morgan fingerprint density at radius 3 is 2.45 bits per heavy atom. The van der Waals surface area contributed by atoms with Gasteiger partial charge in [-0.2, -0.15) is 22.6 Å². The summed E-state index contributed by atoms with van der Waals surface area (Å²) in [6.07, 6.45) is -3.75. The van der Waals surface area contributed by atoms with E-state index < -0.39 is 34.2 Å². The Morgan fingerprint density at radius 2 is 1.84 bits per heavy atom. The normalized spacial score (nSPS) is 12.2. The maximum absolute atomic E-state index is 13.0. The first-order chi connectivity index (χ1) is 14.5. The van der Waals surface area contributed by atoms with Gasteiger partial charge in [0.05, 0.1) is 32.5 Å². The van der Waals surface area contributed by atoms with E-state index >= 15 is 0 Å². The molecular formula is C19H20F3N3O5S. The summed E-state index contributed by atoms with van der Waals surface area (Å²) >= 11 is 0. The van der Waals surface area contributed by atoms with Crippen molar-refractivity contribution in [3.05, 3.63) is 53.6 Å². The highest BCUT2D eigenvalue weighted by molar-refractivity contribution is 7.89. The summed E-state index contributed by atoms with van der Waals surface area (Å²) in [7, 11) is -0.325. The maximum atomic E-state index is 13.0. The van der Waals surface area contributed by atoms with Crippen LogP contribution >= 0.6 is 0 Å². The Balaban J connectivity index is 2.12. The van der Waals surface area contributed by atoms with Crippen molar-refractivity contribution in [1.29, 1.82) is 0 Å². The summed E-state index contributed by atoms with van der Waals surface area (Å²) in [6, 6.07) is 8.84. The monoisotopic (exact) mass is 459 g/mol. The van der Waals surface area contributed by atoms with Gasteiger partial charge in [0.2, 0.25) is 10.0 Å². The molecule has 0 aliphatic rings. The predicted octanol–water partition coefficient (Wildman–Crippen LogP) is 2.49. The van der Waals surface area contributed by atoms with Crippen molar-refractivity contribution in [3.63, 3.8) is 0 Å². The van der Waals surface area contributed by atoms with Gasteiger partial charge in [0.25, 0.3) is 5.91 Å². The van der Waals surface area contributed by atoms with Crippen molar-refractivity contribution < 1.29 is 35.9 Å². The number of sulfonamides is 1. The molecule has 0 bridgehead atoms. The lowest BCUT2D eigenvalue weighted by Crippen LogP contribution is -2.36. The van der Waals surface area contributed by atoms with Crippen LogP contribution in [0.1, 0.15) is 11.1 Å². The number of carbonyl (C=O) groups excluding carboxylic acids is 1. The lowest BCUT2D eigenvalue weighted by atomic mass is 10.1. The first kappa shape index (κ1) is 24.2. The van der Waals surface area contributed by atoms with E-state index in [2.05, 4.69) is 5.10 Å². The number of benzene rings is 2. The number of nitrogens with one attached hydrogen (secondary N) is 1. The fourth-order valence-corrected chi connectivity index (χ4v) is 3.81. The van der Waals surface area contributed by atoms with E-state index in [1.54, 1.807) is 0 Å². The van der Waals surface area contributed by atoms with Crippen LogP contribution in [-0.4, -0.2) is 52.7 Å². The first-order valence-electron chi connectivity index (χ1n) is 8.67. The minimum atomic E-state index is -4.59. The molecule has 0 saturated heterocycles. The van der Waals surface area contributed by atoms with Crippen LogP contribution < -0.4 is 14.9 Å². The van der Waals surface area contributed by atoms with E-state index in [1.165, 1.54) is 50.6 Å². The van der Waals surface area contributed by atoms with Gasteiger partial charge in [-0.1, -0.05) is 18.2 Å². The minimum Gasteiger partial charge on any atom is -0.497 e. The molecule has 0 fully saturated rings. The van der Waals surface area contributed by atoms with Gasteiger partial charge in [-0.05, 0) is 18.2 Å². The summed E-state index contributed by atoms with van der Waals surface area (Å²) < 4.78 is 75.4. The smallest absolute Gasteiger partial charge is 0.417 e. The highest BCUT2D eigenvalue weighted by Crippen LogP contribution is 2.31. The maximum Gasteiger partial charge on any atom is 0.417 e. The van der Waals surface area contributed by atoms with Gasteiger partial charge in [-0.3, -0.25) is 4.79 Å². The van der Waals surface area contributed by atoms with Gasteiger partial charge < -0.3 is 9.47 Å². The molecule has 12 heteroatoms. The zero-order valence-electron chi connectivity index (χ0n) is 16.8. The molecule has 8 nitrogen and oxygen atoms in total. The lowest BCUT2D eigenvalue weighted by molar-refractivity contribution is -0.137. The highest BCUT2D eigenvalue weighted by atomic mass is 32.2. The summed E-state index contributed by atoms with van der Waals surface area (Å²) in [4.78, 5) is 11.9. The largest absolute Gasteiger partial charge is 0.497 e. The van der Waals surface area contributed by atoms with Crippen LogP contribution in [0.3, 0.4) is 0 Å². The fourth-order valence-electron chi connectivity index (χ4n) is 2.52. The zero-order chi connectivity index (χ0) is 23.2. The van der Waals surface area contributed by atoms with Gasteiger partial charge in [0, 0.05) is 18.7 Å². The van der Waals surface area contributed by atoms with Crippen LogP contribution in [-0.2, 0) is 21.0 Å². The van der Waals surface area contributed by atoms with E-state index in [1.807, 2.05) is 5.43 Å². The summed E-state index contributed by atoms with van der Waals surface area (Å²) in [6.45, 7) is -0.638. The van der Waals surface area contributed by atoms with E-state index in [0.717, 1.165) is 23.6 Å². The van der Waals surface area contributed by atoms with Gasteiger partial charge in [0.15, 0.2) is 0 Å². The number of hydrazone groups is 1. The van der Waals surface area contributed by atoms with Crippen molar-refractivity contribution in [2.75, 3.05) is 27.8 Å². The van der Waals surface area contributed by atoms with Gasteiger partial charge in [-0.15, -0.1) is 0 Å². The molecule has 2 aromatic carbocycles. The van der Waals surface area contributed by atoms with Crippen LogP contribution in [0.2, 0.25) is 0 Å². The molecule has 0 radical (unpaired) electrons. The molecule has 168 valence electrons. The topological polar surface area (TPSA) is 97.3 Å². The molecule has 0 heterocycles. The van der Waals surface area contributed by atoms with Crippen LogP contribution in [0.5, 0.6) is 11.5 Å². The molecule has 0 atom stereocenters. The molecule has 0 aliphatic carbocycles. The Labute approximate surface area is 177 Å². The van der Waals surface area contributed by atoms with Crippen LogP contribution in [0.15, 0.2) is 52.5 Å².